The van der Waals surface area contributed by atoms with Crippen LogP contribution >= 0.6 is 0 Å². The van der Waals surface area contributed by atoms with Crippen molar-refractivity contribution in [2.24, 2.45) is 5.14 Å². The molecule has 1 amide bonds. The van der Waals surface area contributed by atoms with E-state index in [1.165, 1.54) is 22.6 Å². The fraction of sp³-hybridized carbons (Fsp3) is 0.250. The van der Waals surface area contributed by atoms with E-state index < -0.39 is 10.0 Å². The number of carbonyl (C=O) groups is 1. The Hall–Kier alpha value is -3.04. The van der Waals surface area contributed by atoms with Gasteiger partial charge in [0, 0.05) is 24.2 Å². The third-order valence-corrected chi connectivity index (χ3v) is 5.91. The Morgan fingerprint density at radius 2 is 1.97 bits per heavy atom. The maximum absolute atomic E-state index is 12.5. The van der Waals surface area contributed by atoms with Crippen molar-refractivity contribution in [3.05, 3.63) is 60.0 Å². The van der Waals surface area contributed by atoms with E-state index >= 15 is 0 Å². The molecule has 2 N–H and O–H groups in total. The molecule has 3 aromatic rings. The van der Waals surface area contributed by atoms with Gasteiger partial charge in [0.1, 0.15) is 0 Å². The average molecular weight is 412 g/mol. The van der Waals surface area contributed by atoms with Crippen molar-refractivity contribution in [1.29, 1.82) is 0 Å². The molecule has 0 bridgehead atoms. The maximum atomic E-state index is 12.5. The number of aromatic nitrogens is 2. The lowest BCUT2D eigenvalue weighted by Crippen LogP contribution is -2.24. The van der Waals surface area contributed by atoms with Crippen molar-refractivity contribution in [2.45, 2.75) is 30.6 Å². The molecule has 1 fully saturated rings. The zero-order chi connectivity index (χ0) is 20.6. The molecule has 4 rings (SSSR count). The predicted molar refractivity (Wildman–Crippen MR) is 107 cm³/mol. The summed E-state index contributed by atoms with van der Waals surface area (Å²) in [5.74, 6) is 0.452. The molecule has 1 atom stereocenters. The molecular weight excluding hydrogens is 392 g/mol. The number of nitrogens with zero attached hydrogens (tertiary/aromatic N) is 3. The molecule has 9 heteroatoms. The largest absolute Gasteiger partial charge is 0.339 e. The van der Waals surface area contributed by atoms with Crippen LogP contribution in [-0.2, 0) is 21.2 Å². The Morgan fingerprint density at radius 3 is 2.66 bits per heavy atom. The van der Waals surface area contributed by atoms with Gasteiger partial charge in [-0.1, -0.05) is 42.4 Å². The maximum Gasteiger partial charge on any atom is 0.238 e. The van der Waals surface area contributed by atoms with Gasteiger partial charge in [0.2, 0.25) is 27.6 Å². The molecule has 1 aliphatic heterocycles. The van der Waals surface area contributed by atoms with Gasteiger partial charge in [-0.25, -0.2) is 13.6 Å². The summed E-state index contributed by atoms with van der Waals surface area (Å²) in [6.07, 6.45) is 1.15. The van der Waals surface area contributed by atoms with E-state index in [0.717, 1.165) is 12.0 Å². The number of rotatable bonds is 5. The molecule has 0 aliphatic carbocycles. The lowest BCUT2D eigenvalue weighted by atomic mass is 10.1. The third kappa shape index (κ3) is 3.92. The smallest absolute Gasteiger partial charge is 0.238 e. The van der Waals surface area contributed by atoms with E-state index in [1.807, 2.05) is 24.3 Å². The lowest BCUT2D eigenvalue weighted by Gasteiger charge is -2.16. The number of amides is 1. The van der Waals surface area contributed by atoms with Gasteiger partial charge in [0.15, 0.2) is 0 Å². The van der Waals surface area contributed by atoms with Crippen LogP contribution in [0.5, 0.6) is 0 Å². The Bertz CT molecular complexity index is 1160. The fourth-order valence-electron chi connectivity index (χ4n) is 3.36. The van der Waals surface area contributed by atoms with Crippen molar-refractivity contribution in [3.8, 4) is 11.4 Å². The number of nitrogens with two attached hydrogens (primary N) is 1. The van der Waals surface area contributed by atoms with Gasteiger partial charge in [-0.15, -0.1) is 0 Å². The highest BCUT2D eigenvalue weighted by atomic mass is 32.2. The first kappa shape index (κ1) is 19.3. The Balaban J connectivity index is 1.55. The van der Waals surface area contributed by atoms with Gasteiger partial charge >= 0.3 is 0 Å². The Morgan fingerprint density at radius 1 is 1.21 bits per heavy atom. The molecule has 0 saturated carbocycles. The molecule has 0 spiro atoms. The number of sulfonamides is 1. The second-order valence-electron chi connectivity index (χ2n) is 6.95. The third-order valence-electron chi connectivity index (χ3n) is 4.99. The van der Waals surface area contributed by atoms with Crippen LogP contribution in [0, 0.1) is 0 Å². The monoisotopic (exact) mass is 412 g/mol. The molecule has 29 heavy (non-hydrogen) atoms. The van der Waals surface area contributed by atoms with Gasteiger partial charge < -0.3 is 9.42 Å². The number of carbonyl (C=O) groups excluding carboxylic acids is 1. The molecule has 0 radical (unpaired) electrons. The number of anilines is 1. The van der Waals surface area contributed by atoms with Crippen LogP contribution in [0.15, 0.2) is 57.9 Å². The topological polar surface area (TPSA) is 119 Å². The minimum atomic E-state index is -3.85. The molecule has 1 aliphatic rings. The van der Waals surface area contributed by atoms with Crippen molar-refractivity contribution < 1.29 is 17.7 Å². The molecule has 2 heterocycles. The number of hydrogen-bond donors (Lipinski definition) is 1. The number of benzene rings is 2. The molecule has 2 aromatic carbocycles. The van der Waals surface area contributed by atoms with E-state index in [-0.39, 0.29) is 23.1 Å². The van der Waals surface area contributed by atoms with Crippen LogP contribution in [0.1, 0.15) is 30.7 Å². The summed E-state index contributed by atoms with van der Waals surface area (Å²) < 4.78 is 28.6. The molecule has 1 saturated heterocycles. The standard InChI is InChI=1S/C20H20N4O4S/c1-2-13-6-8-14(9-7-13)19-22-20(28-23-19)15-10-18(25)24(12-15)16-4-3-5-17(11-16)29(21,26)27/h3-9,11,15H,2,10,12H2,1H3,(H2,21,26,27)/t15-/m0/s1. The zero-order valence-electron chi connectivity index (χ0n) is 15.8. The van der Waals surface area contributed by atoms with Crippen molar-refractivity contribution in [2.75, 3.05) is 11.4 Å². The van der Waals surface area contributed by atoms with E-state index in [0.29, 0.717) is 23.9 Å². The lowest BCUT2D eigenvalue weighted by molar-refractivity contribution is -0.117. The average Bonchev–Trinajstić information content (AvgIpc) is 3.34. The van der Waals surface area contributed by atoms with E-state index in [1.54, 1.807) is 12.1 Å². The fourth-order valence-corrected chi connectivity index (χ4v) is 3.91. The highest BCUT2D eigenvalue weighted by molar-refractivity contribution is 7.89. The van der Waals surface area contributed by atoms with Crippen LogP contribution in [-0.4, -0.2) is 31.0 Å². The summed E-state index contributed by atoms with van der Waals surface area (Å²) >= 11 is 0. The predicted octanol–water partition coefficient (Wildman–Crippen LogP) is 2.47. The minimum absolute atomic E-state index is 0.0400. The second kappa shape index (κ2) is 7.41. The quantitative estimate of drug-likeness (QED) is 0.687. The SMILES string of the molecule is CCc1ccc(-c2noc([C@H]3CC(=O)N(c4cccc(S(N)(=O)=O)c4)C3)n2)cc1. The van der Waals surface area contributed by atoms with E-state index in [9.17, 15) is 13.2 Å². The number of aryl methyl sites for hydroxylation is 1. The molecule has 150 valence electrons. The molecule has 1 aromatic heterocycles. The van der Waals surface area contributed by atoms with Crippen molar-refractivity contribution in [3.63, 3.8) is 0 Å². The first-order chi connectivity index (χ1) is 13.8. The summed E-state index contributed by atoms with van der Waals surface area (Å²) in [5.41, 5.74) is 2.54. The van der Waals surface area contributed by atoms with Crippen LogP contribution in [0.2, 0.25) is 0 Å². The Labute approximate surface area is 168 Å². The second-order valence-corrected chi connectivity index (χ2v) is 8.52. The van der Waals surface area contributed by atoms with Crippen molar-refractivity contribution >= 4 is 21.6 Å². The van der Waals surface area contributed by atoms with Gasteiger partial charge in [-0.2, -0.15) is 4.98 Å². The van der Waals surface area contributed by atoms with Crippen molar-refractivity contribution in [1.82, 2.24) is 10.1 Å². The van der Waals surface area contributed by atoms with E-state index in [4.69, 9.17) is 9.66 Å². The minimum Gasteiger partial charge on any atom is -0.339 e. The molecular formula is C20H20N4O4S. The van der Waals surface area contributed by atoms with E-state index in [2.05, 4.69) is 17.1 Å². The van der Waals surface area contributed by atoms with Crippen LogP contribution in [0.4, 0.5) is 5.69 Å². The van der Waals surface area contributed by atoms with Gasteiger partial charge in [0.05, 0.1) is 10.8 Å². The van der Waals surface area contributed by atoms with Gasteiger partial charge in [-0.05, 0) is 30.2 Å². The summed E-state index contributed by atoms with van der Waals surface area (Å²) in [4.78, 5) is 18.5. The Kier molecular flexibility index (Phi) is 4.93. The van der Waals surface area contributed by atoms with Crippen LogP contribution < -0.4 is 10.0 Å². The first-order valence-electron chi connectivity index (χ1n) is 9.21. The highest BCUT2D eigenvalue weighted by Crippen LogP contribution is 2.32. The summed E-state index contributed by atoms with van der Waals surface area (Å²) in [5, 5.41) is 9.23. The summed E-state index contributed by atoms with van der Waals surface area (Å²) in [6, 6.07) is 13.9. The first-order valence-corrected chi connectivity index (χ1v) is 10.8. The normalized spacial score (nSPS) is 17.1. The highest BCUT2D eigenvalue weighted by Gasteiger charge is 2.35. The summed E-state index contributed by atoms with van der Waals surface area (Å²) in [6.45, 7) is 2.41. The van der Waals surface area contributed by atoms with Gasteiger partial charge in [-0.3, -0.25) is 4.79 Å². The zero-order valence-corrected chi connectivity index (χ0v) is 16.6. The van der Waals surface area contributed by atoms with Crippen LogP contribution in [0.3, 0.4) is 0 Å². The summed E-state index contributed by atoms with van der Waals surface area (Å²) in [7, 11) is -3.85. The molecule has 0 unspecified atom stereocenters. The van der Waals surface area contributed by atoms with Gasteiger partial charge in [0.25, 0.3) is 0 Å². The number of hydrogen-bond acceptors (Lipinski definition) is 6. The number of primary sulfonamides is 1. The van der Waals surface area contributed by atoms with Crippen LogP contribution in [0.25, 0.3) is 11.4 Å². The molecule has 8 nitrogen and oxygen atoms in total.